The van der Waals surface area contributed by atoms with Gasteiger partial charge in [0.15, 0.2) is 0 Å². The van der Waals surface area contributed by atoms with Crippen molar-refractivity contribution in [1.29, 1.82) is 0 Å². The molecule has 1 fully saturated rings. The minimum atomic E-state index is -0.355. The summed E-state index contributed by atoms with van der Waals surface area (Å²) >= 11 is 0. The summed E-state index contributed by atoms with van der Waals surface area (Å²) in [5.74, 6) is 0.0395. The van der Waals surface area contributed by atoms with E-state index in [1.54, 1.807) is 24.4 Å². The summed E-state index contributed by atoms with van der Waals surface area (Å²) in [5, 5.41) is 6.19. The van der Waals surface area contributed by atoms with Gasteiger partial charge in [-0.3, -0.25) is 14.0 Å². The minimum absolute atomic E-state index is 0.0436. The molecule has 2 atom stereocenters. The zero-order valence-electron chi connectivity index (χ0n) is 11.9. The number of hydrogen-bond donors (Lipinski definition) is 2. The lowest BCUT2D eigenvalue weighted by Gasteiger charge is -2.30. The van der Waals surface area contributed by atoms with Crippen LogP contribution in [-0.2, 0) is 0 Å². The Hall–Kier alpha value is -2.21. The number of nitrogens with one attached hydrogen (secondary N) is 2. The van der Waals surface area contributed by atoms with E-state index in [-0.39, 0.29) is 23.1 Å². The lowest BCUT2D eigenvalue weighted by molar-refractivity contribution is 0.0913. The first-order valence-corrected chi connectivity index (χ1v) is 7.15. The Bertz CT molecular complexity index is 725. The second-order valence-electron chi connectivity index (χ2n) is 5.46. The highest BCUT2D eigenvalue weighted by Crippen LogP contribution is 2.11. The van der Waals surface area contributed by atoms with Crippen LogP contribution in [0.1, 0.15) is 23.7 Å². The zero-order chi connectivity index (χ0) is 14.8. The molecule has 0 saturated carbocycles. The molecule has 0 aliphatic carbocycles. The molecule has 1 aliphatic heterocycles. The van der Waals surface area contributed by atoms with Gasteiger partial charge in [0.2, 0.25) is 0 Å². The molecule has 2 N–H and O–H groups in total. The molecular weight excluding hydrogens is 268 g/mol. The number of fused-ring (bicyclic) bond motifs is 1. The first kappa shape index (κ1) is 13.8. The van der Waals surface area contributed by atoms with E-state index in [0.717, 1.165) is 19.5 Å². The molecule has 1 amide bonds. The SMILES string of the molecule is CC1CCNCC1NC(=O)c1cnc2ccccn2c1=O. The predicted molar refractivity (Wildman–Crippen MR) is 79.4 cm³/mol. The van der Waals surface area contributed by atoms with Crippen LogP contribution in [0.15, 0.2) is 35.4 Å². The molecule has 6 nitrogen and oxygen atoms in total. The third kappa shape index (κ3) is 2.67. The summed E-state index contributed by atoms with van der Waals surface area (Å²) < 4.78 is 1.39. The number of hydrogen-bond acceptors (Lipinski definition) is 4. The van der Waals surface area contributed by atoms with Crippen molar-refractivity contribution < 1.29 is 4.79 Å². The molecule has 1 saturated heterocycles. The lowest BCUT2D eigenvalue weighted by atomic mass is 9.94. The third-order valence-corrected chi connectivity index (χ3v) is 4.00. The van der Waals surface area contributed by atoms with Crippen LogP contribution >= 0.6 is 0 Å². The number of piperidine rings is 1. The molecule has 0 aromatic carbocycles. The maximum Gasteiger partial charge on any atom is 0.270 e. The number of rotatable bonds is 2. The monoisotopic (exact) mass is 286 g/mol. The van der Waals surface area contributed by atoms with Gasteiger partial charge in [0.1, 0.15) is 11.2 Å². The van der Waals surface area contributed by atoms with Crippen LogP contribution in [-0.4, -0.2) is 34.4 Å². The Labute approximate surface area is 122 Å². The summed E-state index contributed by atoms with van der Waals surface area (Å²) in [5.41, 5.74) is 0.276. The molecular formula is C15H18N4O2. The summed E-state index contributed by atoms with van der Waals surface area (Å²) in [6.45, 7) is 3.81. The Morgan fingerprint density at radius 1 is 1.48 bits per heavy atom. The van der Waals surface area contributed by atoms with Gasteiger partial charge in [-0.1, -0.05) is 13.0 Å². The topological polar surface area (TPSA) is 75.5 Å². The van der Waals surface area contributed by atoms with E-state index in [1.807, 2.05) is 0 Å². The number of amides is 1. The quantitative estimate of drug-likeness (QED) is 0.839. The van der Waals surface area contributed by atoms with E-state index in [0.29, 0.717) is 11.6 Å². The van der Waals surface area contributed by atoms with Gasteiger partial charge in [0.05, 0.1) is 0 Å². The number of aromatic nitrogens is 2. The standard InChI is InChI=1S/C15H18N4O2/c1-10-5-6-16-9-12(10)18-14(20)11-8-17-13-4-2-3-7-19(13)15(11)21/h2-4,7-8,10,12,16H,5-6,9H2,1H3,(H,18,20). The van der Waals surface area contributed by atoms with Crippen molar-refractivity contribution in [2.75, 3.05) is 13.1 Å². The van der Waals surface area contributed by atoms with Gasteiger partial charge < -0.3 is 10.6 Å². The lowest BCUT2D eigenvalue weighted by Crippen LogP contribution is -2.51. The van der Waals surface area contributed by atoms with Crippen molar-refractivity contribution in [2.45, 2.75) is 19.4 Å². The fourth-order valence-corrected chi connectivity index (χ4v) is 2.61. The van der Waals surface area contributed by atoms with Gasteiger partial charge in [0, 0.05) is 25.0 Å². The summed E-state index contributed by atoms with van der Waals surface area (Å²) in [4.78, 5) is 28.8. The molecule has 6 heteroatoms. The van der Waals surface area contributed by atoms with E-state index in [2.05, 4.69) is 22.5 Å². The molecule has 0 radical (unpaired) electrons. The van der Waals surface area contributed by atoms with Gasteiger partial charge in [-0.2, -0.15) is 0 Å². The van der Waals surface area contributed by atoms with Crippen LogP contribution in [0, 0.1) is 5.92 Å². The highest BCUT2D eigenvalue weighted by atomic mass is 16.2. The fraction of sp³-hybridized carbons (Fsp3) is 0.400. The number of carbonyl (C=O) groups excluding carboxylic acids is 1. The second kappa shape index (κ2) is 5.65. The maximum atomic E-state index is 12.3. The van der Waals surface area contributed by atoms with Gasteiger partial charge in [-0.05, 0) is 31.0 Å². The van der Waals surface area contributed by atoms with Crippen molar-refractivity contribution in [3.63, 3.8) is 0 Å². The average Bonchev–Trinajstić information content (AvgIpc) is 2.50. The average molecular weight is 286 g/mol. The first-order valence-electron chi connectivity index (χ1n) is 7.15. The minimum Gasteiger partial charge on any atom is -0.348 e. The van der Waals surface area contributed by atoms with Crippen LogP contribution < -0.4 is 16.2 Å². The van der Waals surface area contributed by atoms with Crippen LogP contribution in [0.5, 0.6) is 0 Å². The van der Waals surface area contributed by atoms with Crippen molar-refractivity contribution in [2.24, 2.45) is 5.92 Å². The normalized spacial score (nSPS) is 22.1. The second-order valence-corrected chi connectivity index (χ2v) is 5.46. The van der Waals surface area contributed by atoms with Crippen LogP contribution in [0.3, 0.4) is 0 Å². The van der Waals surface area contributed by atoms with Crippen molar-refractivity contribution in [3.8, 4) is 0 Å². The molecule has 21 heavy (non-hydrogen) atoms. The fourth-order valence-electron chi connectivity index (χ4n) is 2.61. The Balaban J connectivity index is 1.88. The number of pyridine rings is 1. The van der Waals surface area contributed by atoms with Crippen molar-refractivity contribution in [1.82, 2.24) is 20.0 Å². The predicted octanol–water partition coefficient (Wildman–Crippen LogP) is 0.422. The highest BCUT2D eigenvalue weighted by molar-refractivity contribution is 5.94. The molecule has 110 valence electrons. The smallest absolute Gasteiger partial charge is 0.270 e. The summed E-state index contributed by atoms with van der Waals surface area (Å²) in [7, 11) is 0. The third-order valence-electron chi connectivity index (χ3n) is 4.00. The molecule has 3 rings (SSSR count). The largest absolute Gasteiger partial charge is 0.348 e. The van der Waals surface area contributed by atoms with Gasteiger partial charge >= 0.3 is 0 Å². The summed E-state index contributed by atoms with van der Waals surface area (Å²) in [6, 6.07) is 5.32. The highest BCUT2D eigenvalue weighted by Gasteiger charge is 2.24. The Morgan fingerprint density at radius 2 is 2.33 bits per heavy atom. The van der Waals surface area contributed by atoms with Gasteiger partial charge in [0.25, 0.3) is 11.5 Å². The van der Waals surface area contributed by atoms with Crippen molar-refractivity contribution >= 4 is 11.6 Å². The van der Waals surface area contributed by atoms with E-state index >= 15 is 0 Å². The zero-order valence-corrected chi connectivity index (χ0v) is 11.9. The van der Waals surface area contributed by atoms with E-state index in [9.17, 15) is 9.59 Å². The van der Waals surface area contributed by atoms with Crippen LogP contribution in [0.25, 0.3) is 5.65 Å². The molecule has 1 aliphatic rings. The maximum absolute atomic E-state index is 12.3. The van der Waals surface area contributed by atoms with Gasteiger partial charge in [-0.15, -0.1) is 0 Å². The first-order chi connectivity index (χ1) is 10.2. The number of carbonyl (C=O) groups is 1. The van der Waals surface area contributed by atoms with Crippen LogP contribution in [0.2, 0.25) is 0 Å². The molecule has 3 heterocycles. The molecule has 0 bridgehead atoms. The van der Waals surface area contributed by atoms with Gasteiger partial charge in [-0.25, -0.2) is 4.98 Å². The van der Waals surface area contributed by atoms with Crippen LogP contribution in [0.4, 0.5) is 0 Å². The van der Waals surface area contributed by atoms with E-state index < -0.39 is 0 Å². The van der Waals surface area contributed by atoms with E-state index in [4.69, 9.17) is 0 Å². The Kier molecular flexibility index (Phi) is 3.70. The molecule has 2 aromatic rings. The Morgan fingerprint density at radius 3 is 3.14 bits per heavy atom. The summed E-state index contributed by atoms with van der Waals surface area (Å²) in [6.07, 6.45) is 3.99. The number of nitrogens with zero attached hydrogens (tertiary/aromatic N) is 2. The van der Waals surface area contributed by atoms with Crippen molar-refractivity contribution in [3.05, 3.63) is 46.5 Å². The van der Waals surface area contributed by atoms with E-state index in [1.165, 1.54) is 10.6 Å². The molecule has 0 spiro atoms. The molecule has 2 unspecified atom stereocenters. The molecule has 2 aromatic heterocycles.